The number of hydrogen-bond acceptors (Lipinski definition) is 3. The first-order chi connectivity index (χ1) is 6.76. The van der Waals surface area contributed by atoms with Crippen LogP contribution in [0.15, 0.2) is 18.3 Å². The molecule has 0 aromatic carbocycles. The fourth-order valence-electron chi connectivity index (χ4n) is 1.45. The topological polar surface area (TPSA) is 54.9 Å². The highest BCUT2D eigenvalue weighted by Crippen LogP contribution is 2.38. The Labute approximate surface area is 82.7 Å². The molecule has 1 fully saturated rings. The number of amides is 1. The average Bonchev–Trinajstić information content (AvgIpc) is 3.00. The third-order valence-electron chi connectivity index (χ3n) is 2.71. The van der Waals surface area contributed by atoms with Crippen LogP contribution in [-0.4, -0.2) is 21.6 Å². The molecule has 14 heavy (non-hydrogen) atoms. The van der Waals surface area contributed by atoms with Crippen LogP contribution in [0.25, 0.3) is 0 Å². The lowest BCUT2D eigenvalue weighted by molar-refractivity contribution is 0.0924. The molecule has 4 nitrogen and oxygen atoms in total. The predicted molar refractivity (Wildman–Crippen MR) is 51.8 cm³/mol. The van der Waals surface area contributed by atoms with Gasteiger partial charge in [0.25, 0.3) is 5.91 Å². The van der Waals surface area contributed by atoms with Crippen molar-refractivity contribution in [3.05, 3.63) is 24.0 Å². The molecule has 1 aliphatic rings. The molecule has 1 N–H and O–H groups in total. The summed E-state index contributed by atoms with van der Waals surface area (Å²) in [6, 6.07) is 3.39. The van der Waals surface area contributed by atoms with Gasteiger partial charge in [-0.15, -0.1) is 5.10 Å². The molecule has 1 amide bonds. The lowest BCUT2D eigenvalue weighted by atomic mass is 10.2. The van der Waals surface area contributed by atoms with E-state index >= 15 is 0 Å². The summed E-state index contributed by atoms with van der Waals surface area (Å²) in [5.41, 5.74) is 0.446. The van der Waals surface area contributed by atoms with E-state index in [-0.39, 0.29) is 11.4 Å². The van der Waals surface area contributed by atoms with Crippen molar-refractivity contribution < 1.29 is 4.79 Å². The first-order valence-electron chi connectivity index (χ1n) is 4.86. The van der Waals surface area contributed by atoms with Gasteiger partial charge in [0.2, 0.25) is 0 Å². The number of nitrogens with one attached hydrogen (secondary N) is 1. The second kappa shape index (κ2) is 3.36. The van der Waals surface area contributed by atoms with Crippen LogP contribution < -0.4 is 5.32 Å². The Balaban J connectivity index is 2.03. The van der Waals surface area contributed by atoms with Gasteiger partial charge in [0.15, 0.2) is 5.69 Å². The number of hydrogen-bond donors (Lipinski definition) is 1. The summed E-state index contributed by atoms with van der Waals surface area (Å²) in [5.74, 6) is -0.113. The SMILES string of the molecule is CCC1(NC(=O)c2cccnn2)CC1. The van der Waals surface area contributed by atoms with Crippen LogP contribution in [0.3, 0.4) is 0 Å². The van der Waals surface area contributed by atoms with Crippen molar-refractivity contribution in [1.29, 1.82) is 0 Å². The number of nitrogens with zero attached hydrogens (tertiary/aromatic N) is 2. The Bertz CT molecular complexity index is 332. The first kappa shape index (κ1) is 9.12. The number of carbonyl (C=O) groups is 1. The minimum atomic E-state index is -0.113. The van der Waals surface area contributed by atoms with E-state index in [1.807, 2.05) is 0 Å². The van der Waals surface area contributed by atoms with Crippen LogP contribution >= 0.6 is 0 Å². The summed E-state index contributed by atoms with van der Waals surface area (Å²) in [7, 11) is 0. The van der Waals surface area contributed by atoms with Crippen molar-refractivity contribution in [1.82, 2.24) is 15.5 Å². The molecule has 1 aliphatic carbocycles. The van der Waals surface area contributed by atoms with Crippen LogP contribution in [0.5, 0.6) is 0 Å². The van der Waals surface area contributed by atoms with Gasteiger partial charge in [0.05, 0.1) is 0 Å². The van der Waals surface area contributed by atoms with Gasteiger partial charge in [0, 0.05) is 11.7 Å². The molecular weight excluding hydrogens is 178 g/mol. The van der Waals surface area contributed by atoms with Gasteiger partial charge in [-0.05, 0) is 31.4 Å². The van der Waals surface area contributed by atoms with Crippen molar-refractivity contribution in [3.63, 3.8) is 0 Å². The van der Waals surface area contributed by atoms with Crippen molar-refractivity contribution in [3.8, 4) is 0 Å². The highest BCUT2D eigenvalue weighted by Gasteiger charge is 2.42. The summed E-state index contributed by atoms with van der Waals surface area (Å²) in [5, 5.41) is 10.4. The molecule has 74 valence electrons. The lowest BCUT2D eigenvalue weighted by Gasteiger charge is -2.13. The second-order valence-electron chi connectivity index (χ2n) is 3.70. The molecule has 1 aromatic rings. The summed E-state index contributed by atoms with van der Waals surface area (Å²) >= 11 is 0. The van der Waals surface area contributed by atoms with E-state index in [9.17, 15) is 4.79 Å². The Hall–Kier alpha value is -1.45. The van der Waals surface area contributed by atoms with Gasteiger partial charge in [-0.2, -0.15) is 5.10 Å². The minimum Gasteiger partial charge on any atom is -0.345 e. The molecule has 2 rings (SSSR count). The van der Waals surface area contributed by atoms with E-state index < -0.39 is 0 Å². The molecule has 0 spiro atoms. The largest absolute Gasteiger partial charge is 0.345 e. The molecule has 1 heterocycles. The monoisotopic (exact) mass is 191 g/mol. The molecule has 1 saturated carbocycles. The van der Waals surface area contributed by atoms with Crippen LogP contribution in [-0.2, 0) is 0 Å². The molecule has 0 unspecified atom stereocenters. The van der Waals surface area contributed by atoms with Gasteiger partial charge in [-0.3, -0.25) is 4.79 Å². The van der Waals surface area contributed by atoms with E-state index in [4.69, 9.17) is 0 Å². The zero-order chi connectivity index (χ0) is 10.0. The molecule has 0 atom stereocenters. The Kier molecular flexibility index (Phi) is 2.19. The standard InChI is InChI=1S/C10H13N3O/c1-2-10(5-6-10)12-9(14)8-4-3-7-11-13-8/h3-4,7H,2,5-6H2,1H3,(H,12,14). The van der Waals surface area contributed by atoms with Crippen LogP contribution in [0.2, 0.25) is 0 Å². The molecule has 0 aliphatic heterocycles. The molecule has 1 aromatic heterocycles. The summed E-state index contributed by atoms with van der Waals surface area (Å²) in [6.45, 7) is 2.09. The van der Waals surface area contributed by atoms with E-state index in [1.165, 1.54) is 0 Å². The van der Waals surface area contributed by atoms with Crippen molar-refractivity contribution >= 4 is 5.91 Å². The van der Waals surface area contributed by atoms with E-state index in [2.05, 4.69) is 22.4 Å². The maximum Gasteiger partial charge on any atom is 0.272 e. The molecule has 4 heteroatoms. The predicted octanol–water partition coefficient (Wildman–Crippen LogP) is 1.15. The van der Waals surface area contributed by atoms with Crippen molar-refractivity contribution in [2.75, 3.05) is 0 Å². The smallest absolute Gasteiger partial charge is 0.272 e. The summed E-state index contributed by atoms with van der Waals surface area (Å²) in [4.78, 5) is 11.6. The van der Waals surface area contributed by atoms with E-state index in [0.29, 0.717) is 5.69 Å². The van der Waals surface area contributed by atoms with Gasteiger partial charge in [-0.25, -0.2) is 0 Å². The molecule has 0 bridgehead atoms. The maximum absolute atomic E-state index is 11.6. The fourth-order valence-corrected chi connectivity index (χ4v) is 1.45. The molecule has 0 saturated heterocycles. The highest BCUT2D eigenvalue weighted by atomic mass is 16.2. The van der Waals surface area contributed by atoms with Crippen molar-refractivity contribution in [2.45, 2.75) is 31.7 Å². The van der Waals surface area contributed by atoms with Crippen LogP contribution in [0, 0.1) is 0 Å². The average molecular weight is 191 g/mol. The first-order valence-corrected chi connectivity index (χ1v) is 4.86. The maximum atomic E-state index is 11.6. The van der Waals surface area contributed by atoms with Crippen molar-refractivity contribution in [2.24, 2.45) is 0 Å². The number of aromatic nitrogens is 2. The zero-order valence-electron chi connectivity index (χ0n) is 8.16. The third kappa shape index (κ3) is 1.73. The van der Waals surface area contributed by atoms with Gasteiger partial charge >= 0.3 is 0 Å². The van der Waals surface area contributed by atoms with Gasteiger partial charge in [0.1, 0.15) is 0 Å². The Morgan fingerprint density at radius 2 is 2.43 bits per heavy atom. The van der Waals surface area contributed by atoms with E-state index in [0.717, 1.165) is 19.3 Å². The fraction of sp³-hybridized carbons (Fsp3) is 0.500. The zero-order valence-corrected chi connectivity index (χ0v) is 8.16. The Morgan fingerprint density at radius 1 is 1.64 bits per heavy atom. The minimum absolute atomic E-state index is 0.0502. The highest BCUT2D eigenvalue weighted by molar-refractivity contribution is 5.92. The van der Waals surface area contributed by atoms with Gasteiger partial charge < -0.3 is 5.32 Å². The second-order valence-corrected chi connectivity index (χ2v) is 3.70. The normalized spacial score (nSPS) is 17.5. The van der Waals surface area contributed by atoms with Gasteiger partial charge in [-0.1, -0.05) is 6.92 Å². The van der Waals surface area contributed by atoms with Crippen LogP contribution in [0.1, 0.15) is 36.7 Å². The van der Waals surface area contributed by atoms with E-state index in [1.54, 1.807) is 18.3 Å². The quantitative estimate of drug-likeness (QED) is 0.779. The lowest BCUT2D eigenvalue weighted by Crippen LogP contribution is -2.36. The number of rotatable bonds is 3. The summed E-state index contributed by atoms with van der Waals surface area (Å²) < 4.78 is 0. The van der Waals surface area contributed by atoms with Crippen LogP contribution in [0.4, 0.5) is 0 Å². The Morgan fingerprint density at radius 3 is 2.93 bits per heavy atom. The number of carbonyl (C=O) groups excluding carboxylic acids is 1. The molecular formula is C10H13N3O. The molecule has 0 radical (unpaired) electrons. The summed E-state index contributed by atoms with van der Waals surface area (Å²) in [6.07, 6.45) is 4.70. The third-order valence-corrected chi connectivity index (χ3v) is 2.71.